The minimum Gasteiger partial charge on any atom is -0.321 e. The lowest BCUT2D eigenvalue weighted by Gasteiger charge is -2.06. The number of anilines is 1. The maximum absolute atomic E-state index is 12.0. The third-order valence-electron chi connectivity index (χ3n) is 2.74. The first kappa shape index (κ1) is 14.7. The molecule has 0 atom stereocenters. The van der Waals surface area contributed by atoms with Crippen LogP contribution in [0.5, 0.6) is 0 Å². The fourth-order valence-electron chi connectivity index (χ4n) is 1.75. The molecule has 0 aliphatic carbocycles. The highest BCUT2D eigenvalue weighted by Crippen LogP contribution is 2.26. The summed E-state index contributed by atoms with van der Waals surface area (Å²) in [5.41, 5.74) is 1.08. The molecular weight excluding hydrogens is 344 g/mol. The third kappa shape index (κ3) is 3.05. The first-order valence-corrected chi connectivity index (χ1v) is 7.52. The number of thiophene rings is 1. The van der Waals surface area contributed by atoms with E-state index in [1.54, 1.807) is 23.6 Å². The largest absolute Gasteiger partial charge is 0.321 e. The molecule has 0 fully saturated rings. The van der Waals surface area contributed by atoms with Crippen LogP contribution in [0.4, 0.5) is 11.4 Å². The summed E-state index contributed by atoms with van der Waals surface area (Å²) >= 11 is 4.58. The van der Waals surface area contributed by atoms with E-state index in [0.29, 0.717) is 27.0 Å². The highest BCUT2D eigenvalue weighted by Gasteiger charge is 2.16. The van der Waals surface area contributed by atoms with Gasteiger partial charge in [-0.3, -0.25) is 14.9 Å². The Hall–Kier alpha value is -1.73. The predicted octanol–water partition coefficient (Wildman–Crippen LogP) is 4.23. The average Bonchev–Trinajstić information content (AvgIpc) is 2.85. The van der Waals surface area contributed by atoms with Crippen molar-refractivity contribution in [1.82, 2.24) is 0 Å². The topological polar surface area (TPSA) is 72.2 Å². The zero-order valence-electron chi connectivity index (χ0n) is 10.6. The van der Waals surface area contributed by atoms with E-state index in [1.165, 1.54) is 17.4 Å². The van der Waals surface area contributed by atoms with Gasteiger partial charge in [0.2, 0.25) is 0 Å². The number of aryl methyl sites for hydroxylation is 1. The average molecular weight is 355 g/mol. The SMILES string of the molecule is CCc1ccc(NC(=O)c2sccc2Br)cc1[N+](=O)[O-]. The van der Waals surface area contributed by atoms with Crippen LogP contribution in [0.15, 0.2) is 34.1 Å². The number of halogens is 1. The van der Waals surface area contributed by atoms with Gasteiger partial charge >= 0.3 is 0 Å². The van der Waals surface area contributed by atoms with E-state index in [-0.39, 0.29) is 11.6 Å². The maximum Gasteiger partial charge on any atom is 0.274 e. The molecule has 1 heterocycles. The minimum absolute atomic E-state index is 0.0237. The molecule has 5 nitrogen and oxygen atoms in total. The second-order valence-electron chi connectivity index (χ2n) is 4.01. The molecule has 1 N–H and O–H groups in total. The summed E-state index contributed by atoms with van der Waals surface area (Å²) in [6.45, 7) is 1.85. The van der Waals surface area contributed by atoms with E-state index in [2.05, 4.69) is 21.2 Å². The summed E-state index contributed by atoms with van der Waals surface area (Å²) < 4.78 is 0.708. The lowest BCUT2D eigenvalue weighted by atomic mass is 10.1. The number of rotatable bonds is 4. The highest BCUT2D eigenvalue weighted by molar-refractivity contribution is 9.10. The van der Waals surface area contributed by atoms with Crippen molar-refractivity contribution in [2.45, 2.75) is 13.3 Å². The van der Waals surface area contributed by atoms with Gasteiger partial charge in [0.05, 0.1) is 4.92 Å². The maximum atomic E-state index is 12.0. The summed E-state index contributed by atoms with van der Waals surface area (Å²) in [5, 5.41) is 15.5. The molecule has 0 radical (unpaired) electrons. The van der Waals surface area contributed by atoms with E-state index in [1.807, 2.05) is 6.92 Å². The molecule has 0 unspecified atom stereocenters. The highest BCUT2D eigenvalue weighted by atomic mass is 79.9. The van der Waals surface area contributed by atoms with Crippen molar-refractivity contribution in [3.8, 4) is 0 Å². The molecule has 1 aromatic carbocycles. The van der Waals surface area contributed by atoms with Crippen LogP contribution in [0.1, 0.15) is 22.2 Å². The van der Waals surface area contributed by atoms with Crippen LogP contribution >= 0.6 is 27.3 Å². The van der Waals surface area contributed by atoms with Crippen molar-refractivity contribution in [3.63, 3.8) is 0 Å². The standard InChI is InChI=1S/C13H11BrN2O3S/c1-2-8-3-4-9(7-11(8)16(18)19)15-13(17)12-10(14)5-6-20-12/h3-7H,2H2,1H3,(H,15,17). The molecule has 0 saturated carbocycles. The van der Waals surface area contributed by atoms with E-state index in [0.717, 1.165) is 0 Å². The van der Waals surface area contributed by atoms with Crippen LogP contribution in [0.25, 0.3) is 0 Å². The van der Waals surface area contributed by atoms with Gasteiger partial charge < -0.3 is 5.32 Å². The lowest BCUT2D eigenvalue weighted by molar-refractivity contribution is -0.385. The normalized spacial score (nSPS) is 10.3. The minimum atomic E-state index is -0.435. The van der Waals surface area contributed by atoms with Gasteiger partial charge in [-0.05, 0) is 39.9 Å². The lowest BCUT2D eigenvalue weighted by Crippen LogP contribution is -2.11. The Labute approximate surface area is 127 Å². The summed E-state index contributed by atoms with van der Waals surface area (Å²) in [5.74, 6) is -0.287. The van der Waals surface area contributed by atoms with Gasteiger partial charge in [0.15, 0.2) is 0 Å². The molecule has 20 heavy (non-hydrogen) atoms. The first-order chi connectivity index (χ1) is 9.52. The number of hydrogen-bond donors (Lipinski definition) is 1. The van der Waals surface area contributed by atoms with Gasteiger partial charge in [-0.1, -0.05) is 13.0 Å². The van der Waals surface area contributed by atoms with Crippen LogP contribution in [-0.4, -0.2) is 10.8 Å². The number of nitro groups is 1. The van der Waals surface area contributed by atoms with Crippen LogP contribution in [0, 0.1) is 10.1 Å². The molecule has 2 aromatic rings. The van der Waals surface area contributed by atoms with Crippen molar-refractivity contribution in [3.05, 3.63) is 54.7 Å². The van der Waals surface area contributed by atoms with Crippen molar-refractivity contribution < 1.29 is 9.72 Å². The zero-order chi connectivity index (χ0) is 14.7. The summed E-state index contributed by atoms with van der Waals surface area (Å²) in [6.07, 6.45) is 0.570. The molecule has 0 bridgehead atoms. The molecule has 104 valence electrons. The van der Waals surface area contributed by atoms with Crippen molar-refractivity contribution in [1.29, 1.82) is 0 Å². The molecule has 0 spiro atoms. The Kier molecular flexibility index (Phi) is 4.51. The first-order valence-electron chi connectivity index (χ1n) is 5.84. The number of nitro benzene ring substituents is 1. The van der Waals surface area contributed by atoms with Crippen LogP contribution in [-0.2, 0) is 6.42 Å². The molecule has 0 saturated heterocycles. The Morgan fingerprint density at radius 3 is 2.75 bits per heavy atom. The number of nitrogens with zero attached hydrogens (tertiary/aromatic N) is 1. The molecule has 0 aliphatic rings. The number of carbonyl (C=O) groups is 1. The third-order valence-corrected chi connectivity index (χ3v) is 4.58. The van der Waals surface area contributed by atoms with Gasteiger partial charge in [0.1, 0.15) is 4.88 Å². The summed E-state index contributed by atoms with van der Waals surface area (Å²) in [6, 6.07) is 6.50. The number of benzene rings is 1. The molecule has 0 aliphatic heterocycles. The van der Waals surface area contributed by atoms with E-state index < -0.39 is 4.92 Å². The van der Waals surface area contributed by atoms with Gasteiger partial charge in [-0.25, -0.2) is 0 Å². The Bertz CT molecular complexity index is 669. The number of carbonyl (C=O) groups excluding carboxylic acids is 1. The predicted molar refractivity (Wildman–Crippen MR) is 82.4 cm³/mol. The van der Waals surface area contributed by atoms with Gasteiger partial charge in [-0.2, -0.15) is 0 Å². The molecule has 2 rings (SSSR count). The molecule has 1 amide bonds. The fraction of sp³-hybridized carbons (Fsp3) is 0.154. The number of nitrogens with one attached hydrogen (secondary N) is 1. The quantitative estimate of drug-likeness (QED) is 0.659. The van der Waals surface area contributed by atoms with Crippen molar-refractivity contribution >= 4 is 44.5 Å². The number of amides is 1. The number of hydrogen-bond acceptors (Lipinski definition) is 4. The zero-order valence-corrected chi connectivity index (χ0v) is 13.0. The smallest absolute Gasteiger partial charge is 0.274 e. The van der Waals surface area contributed by atoms with E-state index in [4.69, 9.17) is 0 Å². The second kappa shape index (κ2) is 6.15. The van der Waals surface area contributed by atoms with Gasteiger partial charge in [-0.15, -0.1) is 11.3 Å². The summed E-state index contributed by atoms with van der Waals surface area (Å²) in [7, 11) is 0. The van der Waals surface area contributed by atoms with Crippen molar-refractivity contribution in [2.75, 3.05) is 5.32 Å². The molecular formula is C13H11BrN2O3S. The molecule has 1 aromatic heterocycles. The Morgan fingerprint density at radius 1 is 1.45 bits per heavy atom. The van der Waals surface area contributed by atoms with E-state index in [9.17, 15) is 14.9 Å². The summed E-state index contributed by atoms with van der Waals surface area (Å²) in [4.78, 5) is 23.1. The van der Waals surface area contributed by atoms with Crippen LogP contribution in [0.3, 0.4) is 0 Å². The Morgan fingerprint density at radius 2 is 2.20 bits per heavy atom. The fourth-order valence-corrected chi connectivity index (χ4v) is 3.20. The second-order valence-corrected chi connectivity index (χ2v) is 5.78. The monoisotopic (exact) mass is 354 g/mol. The van der Waals surface area contributed by atoms with Crippen molar-refractivity contribution in [2.24, 2.45) is 0 Å². The van der Waals surface area contributed by atoms with Crippen LogP contribution < -0.4 is 5.32 Å². The van der Waals surface area contributed by atoms with E-state index >= 15 is 0 Å². The van der Waals surface area contributed by atoms with Crippen LogP contribution in [0.2, 0.25) is 0 Å². The Balaban J connectivity index is 2.26. The van der Waals surface area contributed by atoms with Gasteiger partial charge in [0.25, 0.3) is 11.6 Å². The molecule has 7 heteroatoms. The van der Waals surface area contributed by atoms with Gasteiger partial charge in [0, 0.05) is 21.8 Å².